The minimum atomic E-state index is 0.101. The van der Waals surface area contributed by atoms with Gasteiger partial charge in [0.1, 0.15) is 5.75 Å². The van der Waals surface area contributed by atoms with Gasteiger partial charge in [0, 0.05) is 12.2 Å². The molecule has 1 aromatic rings. The molecule has 1 aliphatic carbocycles. The number of benzene rings is 1. The van der Waals surface area contributed by atoms with Gasteiger partial charge in [-0.2, -0.15) is 0 Å². The molecule has 100 valence electrons. The normalized spacial score (nSPS) is 26.8. The highest BCUT2D eigenvalue weighted by Gasteiger charge is 2.44. The van der Waals surface area contributed by atoms with E-state index in [2.05, 4.69) is 31.3 Å². The standard InChI is InChI=1S/C15H24N2O/c1-11(2)12-8-15(9-12,10-16)17-13-4-6-14(18-3)7-5-13/h4-7,11-12,17H,8-10,16H2,1-3H3. The maximum atomic E-state index is 5.95. The van der Waals surface area contributed by atoms with Gasteiger partial charge in [-0.15, -0.1) is 0 Å². The quantitative estimate of drug-likeness (QED) is 0.842. The summed E-state index contributed by atoms with van der Waals surface area (Å²) in [5.74, 6) is 2.44. The van der Waals surface area contributed by atoms with Gasteiger partial charge in [-0.05, 0) is 48.9 Å². The molecular formula is C15H24N2O. The Hall–Kier alpha value is -1.22. The zero-order chi connectivity index (χ0) is 13.2. The molecule has 3 heteroatoms. The topological polar surface area (TPSA) is 47.3 Å². The Labute approximate surface area is 110 Å². The van der Waals surface area contributed by atoms with Crippen LogP contribution in [0.4, 0.5) is 5.69 Å². The lowest BCUT2D eigenvalue weighted by molar-refractivity contribution is 0.130. The van der Waals surface area contributed by atoms with Crippen LogP contribution in [0, 0.1) is 11.8 Å². The summed E-state index contributed by atoms with van der Waals surface area (Å²) in [5.41, 5.74) is 7.18. The molecule has 0 amide bonds. The van der Waals surface area contributed by atoms with Crippen LogP contribution in [0.1, 0.15) is 26.7 Å². The fourth-order valence-electron chi connectivity index (χ4n) is 2.72. The van der Waals surface area contributed by atoms with E-state index in [1.165, 1.54) is 12.8 Å². The molecule has 0 radical (unpaired) electrons. The summed E-state index contributed by atoms with van der Waals surface area (Å²) >= 11 is 0. The van der Waals surface area contributed by atoms with Crippen molar-refractivity contribution in [2.24, 2.45) is 17.6 Å². The zero-order valence-corrected chi connectivity index (χ0v) is 11.6. The molecule has 0 unspecified atom stereocenters. The van der Waals surface area contributed by atoms with E-state index in [1.807, 2.05) is 12.1 Å². The number of anilines is 1. The minimum absolute atomic E-state index is 0.101. The number of hydrogen-bond donors (Lipinski definition) is 2. The summed E-state index contributed by atoms with van der Waals surface area (Å²) in [7, 11) is 1.68. The molecule has 18 heavy (non-hydrogen) atoms. The van der Waals surface area contributed by atoms with Gasteiger partial charge in [-0.3, -0.25) is 0 Å². The first-order valence-corrected chi connectivity index (χ1v) is 6.71. The Morgan fingerprint density at radius 2 is 1.94 bits per heavy atom. The molecule has 1 aromatic carbocycles. The second kappa shape index (κ2) is 5.19. The van der Waals surface area contributed by atoms with Crippen LogP contribution in [0.25, 0.3) is 0 Å². The fourth-order valence-corrected chi connectivity index (χ4v) is 2.72. The van der Waals surface area contributed by atoms with Crippen LogP contribution in [0.3, 0.4) is 0 Å². The first-order chi connectivity index (χ1) is 8.58. The summed E-state index contributed by atoms with van der Waals surface area (Å²) < 4.78 is 5.16. The van der Waals surface area contributed by atoms with Crippen LogP contribution >= 0.6 is 0 Å². The van der Waals surface area contributed by atoms with E-state index in [9.17, 15) is 0 Å². The summed E-state index contributed by atoms with van der Waals surface area (Å²) in [5, 5.41) is 3.60. The van der Waals surface area contributed by atoms with Crippen molar-refractivity contribution in [1.82, 2.24) is 0 Å². The number of ether oxygens (including phenoxy) is 1. The van der Waals surface area contributed by atoms with Gasteiger partial charge in [0.15, 0.2) is 0 Å². The third-order valence-electron chi connectivity index (χ3n) is 4.14. The molecule has 1 fully saturated rings. The first-order valence-electron chi connectivity index (χ1n) is 6.71. The number of rotatable bonds is 5. The molecule has 0 atom stereocenters. The molecule has 0 saturated heterocycles. The summed E-state index contributed by atoms with van der Waals surface area (Å²) in [6.07, 6.45) is 2.35. The molecule has 0 spiro atoms. The third kappa shape index (κ3) is 2.61. The van der Waals surface area contributed by atoms with E-state index >= 15 is 0 Å². The number of methoxy groups -OCH3 is 1. The molecule has 3 nitrogen and oxygen atoms in total. The van der Waals surface area contributed by atoms with Gasteiger partial charge >= 0.3 is 0 Å². The molecule has 1 aliphatic rings. The van der Waals surface area contributed by atoms with Gasteiger partial charge in [0.05, 0.1) is 12.6 Å². The third-order valence-corrected chi connectivity index (χ3v) is 4.14. The van der Waals surface area contributed by atoms with Crippen LogP contribution in [0.5, 0.6) is 5.75 Å². The van der Waals surface area contributed by atoms with E-state index in [4.69, 9.17) is 10.5 Å². The van der Waals surface area contributed by atoms with Crippen LogP contribution < -0.4 is 15.8 Å². The van der Waals surface area contributed by atoms with Crippen molar-refractivity contribution in [3.63, 3.8) is 0 Å². The number of nitrogens with one attached hydrogen (secondary N) is 1. The number of nitrogens with two attached hydrogens (primary N) is 1. The smallest absolute Gasteiger partial charge is 0.119 e. The van der Waals surface area contributed by atoms with Crippen molar-refractivity contribution in [2.75, 3.05) is 19.0 Å². The van der Waals surface area contributed by atoms with Crippen LogP contribution in [0.15, 0.2) is 24.3 Å². The van der Waals surface area contributed by atoms with E-state index in [-0.39, 0.29) is 5.54 Å². The predicted molar refractivity (Wildman–Crippen MR) is 76.0 cm³/mol. The van der Waals surface area contributed by atoms with Gasteiger partial charge in [0.25, 0.3) is 0 Å². The maximum Gasteiger partial charge on any atom is 0.119 e. The lowest BCUT2D eigenvalue weighted by Crippen LogP contribution is -2.56. The van der Waals surface area contributed by atoms with Crippen molar-refractivity contribution in [2.45, 2.75) is 32.2 Å². The maximum absolute atomic E-state index is 5.95. The van der Waals surface area contributed by atoms with Crippen molar-refractivity contribution in [1.29, 1.82) is 0 Å². The van der Waals surface area contributed by atoms with E-state index < -0.39 is 0 Å². The van der Waals surface area contributed by atoms with Crippen LogP contribution in [0.2, 0.25) is 0 Å². The highest BCUT2D eigenvalue weighted by atomic mass is 16.5. The van der Waals surface area contributed by atoms with Gasteiger partial charge in [0.2, 0.25) is 0 Å². The van der Waals surface area contributed by atoms with Gasteiger partial charge in [-0.1, -0.05) is 13.8 Å². The van der Waals surface area contributed by atoms with Crippen molar-refractivity contribution < 1.29 is 4.74 Å². The minimum Gasteiger partial charge on any atom is -0.497 e. The van der Waals surface area contributed by atoms with E-state index in [1.54, 1.807) is 7.11 Å². The first kappa shape index (κ1) is 13.2. The molecule has 0 aromatic heterocycles. The van der Waals surface area contributed by atoms with Crippen molar-refractivity contribution in [3.8, 4) is 5.75 Å². The molecular weight excluding hydrogens is 224 g/mol. The van der Waals surface area contributed by atoms with Gasteiger partial charge in [-0.25, -0.2) is 0 Å². The lowest BCUT2D eigenvalue weighted by atomic mass is 9.64. The Bertz CT molecular complexity index is 380. The molecule has 2 rings (SSSR count). The molecule has 1 saturated carbocycles. The zero-order valence-electron chi connectivity index (χ0n) is 11.6. The molecule has 0 bridgehead atoms. The average molecular weight is 248 g/mol. The fraction of sp³-hybridized carbons (Fsp3) is 0.600. The molecule has 0 aliphatic heterocycles. The highest BCUT2D eigenvalue weighted by molar-refractivity contribution is 5.49. The van der Waals surface area contributed by atoms with E-state index in [0.29, 0.717) is 6.54 Å². The van der Waals surface area contributed by atoms with Crippen LogP contribution in [-0.4, -0.2) is 19.2 Å². The number of hydrogen-bond acceptors (Lipinski definition) is 3. The Morgan fingerprint density at radius 3 is 2.39 bits per heavy atom. The lowest BCUT2D eigenvalue weighted by Gasteiger charge is -2.50. The summed E-state index contributed by atoms with van der Waals surface area (Å²) in [4.78, 5) is 0. The Morgan fingerprint density at radius 1 is 1.33 bits per heavy atom. The largest absolute Gasteiger partial charge is 0.497 e. The Kier molecular flexibility index (Phi) is 3.81. The van der Waals surface area contributed by atoms with Gasteiger partial charge < -0.3 is 15.8 Å². The van der Waals surface area contributed by atoms with Crippen molar-refractivity contribution in [3.05, 3.63) is 24.3 Å². The molecule has 0 heterocycles. The Balaban J connectivity index is 1.99. The van der Waals surface area contributed by atoms with E-state index in [0.717, 1.165) is 23.3 Å². The summed E-state index contributed by atoms with van der Waals surface area (Å²) in [6.45, 7) is 5.28. The second-order valence-corrected chi connectivity index (χ2v) is 5.75. The monoisotopic (exact) mass is 248 g/mol. The van der Waals surface area contributed by atoms with Crippen molar-refractivity contribution >= 4 is 5.69 Å². The predicted octanol–water partition coefficient (Wildman–Crippen LogP) is 2.87. The SMILES string of the molecule is COc1ccc(NC2(CN)CC(C(C)C)C2)cc1. The van der Waals surface area contributed by atoms with Crippen LogP contribution in [-0.2, 0) is 0 Å². The second-order valence-electron chi connectivity index (χ2n) is 5.75. The average Bonchev–Trinajstić information content (AvgIpc) is 2.33. The highest BCUT2D eigenvalue weighted by Crippen LogP contribution is 2.43. The molecule has 3 N–H and O–H groups in total. The summed E-state index contributed by atoms with van der Waals surface area (Å²) in [6, 6.07) is 8.06.